The van der Waals surface area contributed by atoms with E-state index in [0.717, 1.165) is 17.1 Å². The van der Waals surface area contributed by atoms with Gasteiger partial charge in [0.1, 0.15) is 11.5 Å². The van der Waals surface area contributed by atoms with Gasteiger partial charge in [0.05, 0.1) is 19.9 Å². The first-order chi connectivity index (χ1) is 11.0. The van der Waals surface area contributed by atoms with Crippen LogP contribution < -0.4 is 20.1 Å². The molecule has 0 amide bonds. The van der Waals surface area contributed by atoms with Crippen molar-refractivity contribution in [2.45, 2.75) is 19.8 Å². The van der Waals surface area contributed by atoms with Crippen molar-refractivity contribution in [3.8, 4) is 11.5 Å². The molecule has 2 aromatic carbocycles. The quantitative estimate of drug-likeness (QED) is 0.782. The number of methoxy groups -OCH3 is 2. The number of thiocarbonyl (C=S) groups is 1. The van der Waals surface area contributed by atoms with Crippen molar-refractivity contribution in [2.24, 2.45) is 0 Å². The van der Waals surface area contributed by atoms with Crippen LogP contribution in [-0.2, 0) is 0 Å². The largest absolute Gasteiger partial charge is 0.497 e. The number of nitrogens with one attached hydrogen (secondary N) is 2. The Balaban J connectivity index is 2.07. The van der Waals surface area contributed by atoms with Gasteiger partial charge in [-0.25, -0.2) is 0 Å². The van der Waals surface area contributed by atoms with Gasteiger partial charge < -0.3 is 20.1 Å². The predicted octanol–water partition coefficient (Wildman–Crippen LogP) is 4.64. The molecule has 0 unspecified atom stereocenters. The molecule has 0 saturated carbocycles. The van der Waals surface area contributed by atoms with E-state index in [1.165, 1.54) is 5.56 Å². The highest BCUT2D eigenvalue weighted by Gasteiger charge is 2.07. The smallest absolute Gasteiger partial charge is 0.175 e. The average molecular weight is 330 g/mol. The molecule has 0 saturated heterocycles. The molecule has 0 bridgehead atoms. The molecule has 2 N–H and O–H groups in total. The van der Waals surface area contributed by atoms with E-state index in [9.17, 15) is 0 Å². The summed E-state index contributed by atoms with van der Waals surface area (Å²) in [5.74, 6) is 1.94. The lowest BCUT2D eigenvalue weighted by molar-refractivity contribution is 0.405. The highest BCUT2D eigenvalue weighted by atomic mass is 32.1. The minimum Gasteiger partial charge on any atom is -0.497 e. The van der Waals surface area contributed by atoms with Gasteiger partial charge in [-0.1, -0.05) is 26.0 Å². The Morgan fingerprint density at radius 3 is 2.22 bits per heavy atom. The summed E-state index contributed by atoms with van der Waals surface area (Å²) in [5, 5.41) is 6.80. The summed E-state index contributed by atoms with van der Waals surface area (Å²) in [4.78, 5) is 0. The fourth-order valence-electron chi connectivity index (χ4n) is 2.15. The van der Waals surface area contributed by atoms with Crippen LogP contribution in [0.15, 0.2) is 42.5 Å². The molecular weight excluding hydrogens is 308 g/mol. The third kappa shape index (κ3) is 4.60. The van der Waals surface area contributed by atoms with Crippen molar-refractivity contribution in [2.75, 3.05) is 24.9 Å². The Morgan fingerprint density at radius 1 is 0.957 bits per heavy atom. The van der Waals surface area contributed by atoms with Gasteiger partial charge in [0.2, 0.25) is 0 Å². The van der Waals surface area contributed by atoms with Crippen LogP contribution in [0.5, 0.6) is 11.5 Å². The van der Waals surface area contributed by atoms with E-state index in [1.54, 1.807) is 14.2 Å². The molecule has 0 radical (unpaired) electrons. The monoisotopic (exact) mass is 330 g/mol. The van der Waals surface area contributed by atoms with Gasteiger partial charge >= 0.3 is 0 Å². The van der Waals surface area contributed by atoms with Crippen LogP contribution in [0.1, 0.15) is 25.3 Å². The normalized spacial score (nSPS) is 10.3. The molecule has 0 aliphatic rings. The summed E-state index contributed by atoms with van der Waals surface area (Å²) < 4.78 is 10.6. The fourth-order valence-corrected chi connectivity index (χ4v) is 2.38. The highest BCUT2D eigenvalue weighted by molar-refractivity contribution is 7.80. The summed E-state index contributed by atoms with van der Waals surface area (Å²) in [7, 11) is 3.24. The lowest BCUT2D eigenvalue weighted by atomic mass is 10.0. The standard InChI is InChI=1S/C18H22N2O2S/c1-12(2)13-5-7-14(8-6-13)19-18(23)20-16-11-15(21-3)9-10-17(16)22-4/h5-12H,1-4H3,(H2,19,20,23). The minimum atomic E-state index is 0.494. The molecule has 23 heavy (non-hydrogen) atoms. The molecule has 0 fully saturated rings. The van der Waals surface area contributed by atoms with Crippen molar-refractivity contribution >= 4 is 28.7 Å². The van der Waals surface area contributed by atoms with E-state index in [1.807, 2.05) is 30.3 Å². The van der Waals surface area contributed by atoms with E-state index < -0.39 is 0 Å². The first kappa shape index (κ1) is 17.1. The van der Waals surface area contributed by atoms with Crippen molar-refractivity contribution < 1.29 is 9.47 Å². The van der Waals surface area contributed by atoms with Gasteiger partial charge in [-0.15, -0.1) is 0 Å². The Morgan fingerprint density at radius 2 is 1.65 bits per heavy atom. The predicted molar refractivity (Wildman–Crippen MR) is 99.9 cm³/mol. The van der Waals surface area contributed by atoms with E-state index in [2.05, 4.69) is 36.6 Å². The molecule has 5 heteroatoms. The van der Waals surface area contributed by atoms with E-state index >= 15 is 0 Å². The molecule has 0 atom stereocenters. The van der Waals surface area contributed by atoms with E-state index in [-0.39, 0.29) is 0 Å². The molecule has 0 aromatic heterocycles. The molecular formula is C18H22N2O2S. The van der Waals surface area contributed by atoms with Crippen molar-refractivity contribution in [1.82, 2.24) is 0 Å². The fraction of sp³-hybridized carbons (Fsp3) is 0.278. The molecule has 0 spiro atoms. The Kier molecular flexibility index (Phi) is 5.82. The Labute approximate surface area is 142 Å². The number of benzene rings is 2. The van der Waals surface area contributed by atoms with Gasteiger partial charge in [-0.3, -0.25) is 0 Å². The van der Waals surface area contributed by atoms with Crippen LogP contribution in [0.2, 0.25) is 0 Å². The van der Waals surface area contributed by atoms with Gasteiger partial charge in [0.25, 0.3) is 0 Å². The van der Waals surface area contributed by atoms with Crippen LogP contribution >= 0.6 is 12.2 Å². The maximum Gasteiger partial charge on any atom is 0.175 e. The second-order valence-corrected chi connectivity index (χ2v) is 5.83. The third-order valence-corrected chi connectivity index (χ3v) is 3.69. The average Bonchev–Trinajstić information content (AvgIpc) is 2.55. The lowest BCUT2D eigenvalue weighted by Gasteiger charge is -2.15. The van der Waals surface area contributed by atoms with Gasteiger partial charge in [-0.2, -0.15) is 0 Å². The number of anilines is 2. The van der Waals surface area contributed by atoms with Crippen molar-refractivity contribution in [3.05, 3.63) is 48.0 Å². The molecule has 122 valence electrons. The Hall–Kier alpha value is -2.27. The first-order valence-corrected chi connectivity index (χ1v) is 7.84. The van der Waals surface area contributed by atoms with Crippen LogP contribution in [0, 0.1) is 0 Å². The van der Waals surface area contributed by atoms with E-state index in [4.69, 9.17) is 21.7 Å². The molecule has 0 aliphatic carbocycles. The van der Waals surface area contributed by atoms with Crippen LogP contribution in [0.3, 0.4) is 0 Å². The van der Waals surface area contributed by atoms with Crippen molar-refractivity contribution in [3.63, 3.8) is 0 Å². The summed E-state index contributed by atoms with van der Waals surface area (Å²) in [5.41, 5.74) is 2.99. The van der Waals surface area contributed by atoms with Gasteiger partial charge in [0.15, 0.2) is 5.11 Å². The summed E-state index contributed by atoms with van der Waals surface area (Å²) >= 11 is 5.37. The maximum absolute atomic E-state index is 5.37. The molecule has 2 aromatic rings. The first-order valence-electron chi connectivity index (χ1n) is 7.43. The minimum absolute atomic E-state index is 0.494. The number of rotatable bonds is 5. The topological polar surface area (TPSA) is 42.5 Å². The molecule has 0 heterocycles. The molecule has 0 aliphatic heterocycles. The zero-order valence-electron chi connectivity index (χ0n) is 13.8. The second kappa shape index (κ2) is 7.83. The highest BCUT2D eigenvalue weighted by Crippen LogP contribution is 2.29. The number of hydrogen-bond donors (Lipinski definition) is 2. The lowest BCUT2D eigenvalue weighted by Crippen LogP contribution is -2.19. The van der Waals surface area contributed by atoms with Crippen LogP contribution in [0.4, 0.5) is 11.4 Å². The SMILES string of the molecule is COc1ccc(OC)c(NC(=S)Nc2ccc(C(C)C)cc2)c1. The number of hydrogen-bond acceptors (Lipinski definition) is 3. The third-order valence-electron chi connectivity index (χ3n) is 3.49. The van der Waals surface area contributed by atoms with Crippen molar-refractivity contribution in [1.29, 1.82) is 0 Å². The molecule has 4 nitrogen and oxygen atoms in total. The Bertz CT molecular complexity index is 669. The summed E-state index contributed by atoms with van der Waals surface area (Å²) in [6.07, 6.45) is 0. The zero-order valence-corrected chi connectivity index (χ0v) is 14.7. The van der Waals surface area contributed by atoms with Gasteiger partial charge in [-0.05, 0) is 48.0 Å². The van der Waals surface area contributed by atoms with Gasteiger partial charge in [0, 0.05) is 11.8 Å². The van der Waals surface area contributed by atoms with Crippen LogP contribution in [0.25, 0.3) is 0 Å². The zero-order chi connectivity index (χ0) is 16.8. The summed E-state index contributed by atoms with van der Waals surface area (Å²) in [6.45, 7) is 4.34. The maximum atomic E-state index is 5.37. The second-order valence-electron chi connectivity index (χ2n) is 5.42. The molecule has 2 rings (SSSR count). The van der Waals surface area contributed by atoms with Crippen LogP contribution in [-0.4, -0.2) is 19.3 Å². The summed E-state index contributed by atoms with van der Waals surface area (Å²) in [6, 6.07) is 13.8. The number of ether oxygens (including phenoxy) is 2. The van der Waals surface area contributed by atoms with E-state index in [0.29, 0.717) is 16.8 Å².